The third-order valence-electron chi connectivity index (χ3n) is 2.71. The fourth-order valence-electron chi connectivity index (χ4n) is 1.76. The van der Waals surface area contributed by atoms with Gasteiger partial charge in [-0.3, -0.25) is 4.79 Å². The van der Waals surface area contributed by atoms with Crippen molar-refractivity contribution in [3.63, 3.8) is 0 Å². The molecule has 3 N–H and O–H groups in total. The monoisotopic (exact) mass is 275 g/mol. The van der Waals surface area contributed by atoms with Crippen molar-refractivity contribution in [1.29, 1.82) is 0 Å². The number of anilines is 1. The van der Waals surface area contributed by atoms with Gasteiger partial charge in [-0.1, -0.05) is 6.07 Å². The van der Waals surface area contributed by atoms with Crippen LogP contribution in [0.4, 0.5) is 5.69 Å². The van der Waals surface area contributed by atoms with E-state index in [0.29, 0.717) is 31.2 Å². The Kier molecular flexibility index (Phi) is 4.67. The minimum absolute atomic E-state index is 0.196. The van der Waals surface area contributed by atoms with Gasteiger partial charge in [-0.05, 0) is 6.07 Å². The molecule has 0 saturated heterocycles. The normalized spacial score (nSPS) is 10.3. The van der Waals surface area contributed by atoms with Gasteiger partial charge in [0.25, 0.3) is 5.56 Å². The van der Waals surface area contributed by atoms with Crippen molar-refractivity contribution in [3.8, 4) is 5.88 Å². The lowest BCUT2D eigenvalue weighted by Gasteiger charge is -2.09. The van der Waals surface area contributed by atoms with Gasteiger partial charge in [0.1, 0.15) is 0 Å². The molecule has 2 aromatic rings. The van der Waals surface area contributed by atoms with Crippen LogP contribution in [-0.2, 0) is 6.54 Å². The zero-order valence-corrected chi connectivity index (χ0v) is 11.2. The number of nitrogens with zero attached hydrogens (tertiary/aromatic N) is 3. The second-order valence-corrected chi connectivity index (χ2v) is 4.13. The number of hydrogen-bond donors (Lipinski definition) is 2. The van der Waals surface area contributed by atoms with Gasteiger partial charge in [0.15, 0.2) is 0 Å². The van der Waals surface area contributed by atoms with Crippen molar-refractivity contribution < 1.29 is 4.74 Å². The minimum Gasteiger partial charge on any atom is -0.481 e. The van der Waals surface area contributed by atoms with Gasteiger partial charge in [0.2, 0.25) is 5.88 Å². The van der Waals surface area contributed by atoms with Crippen LogP contribution < -0.4 is 21.3 Å². The average molecular weight is 275 g/mol. The Labute approximate surface area is 116 Å². The molecule has 0 aliphatic carbocycles. The predicted molar refractivity (Wildman–Crippen MR) is 75.9 cm³/mol. The molecule has 0 atom stereocenters. The molecule has 2 rings (SSSR count). The minimum atomic E-state index is -0.196. The number of aromatic nitrogens is 3. The maximum absolute atomic E-state index is 12.0. The third kappa shape index (κ3) is 3.33. The van der Waals surface area contributed by atoms with E-state index in [-0.39, 0.29) is 5.56 Å². The highest BCUT2D eigenvalue weighted by atomic mass is 16.5. The lowest BCUT2D eigenvalue weighted by molar-refractivity contribution is 0.389. The van der Waals surface area contributed by atoms with Crippen molar-refractivity contribution >= 4 is 5.69 Å². The third-order valence-corrected chi connectivity index (χ3v) is 2.71. The fraction of sp³-hybridized carbons (Fsp3) is 0.308. The van der Waals surface area contributed by atoms with Crippen LogP contribution in [0.25, 0.3) is 0 Å². The highest BCUT2D eigenvalue weighted by molar-refractivity contribution is 5.38. The molecule has 0 spiro atoms. The summed E-state index contributed by atoms with van der Waals surface area (Å²) in [4.78, 5) is 16.1. The first-order valence-corrected chi connectivity index (χ1v) is 6.23. The summed E-state index contributed by atoms with van der Waals surface area (Å²) in [5.41, 5.74) is 6.66. The van der Waals surface area contributed by atoms with Gasteiger partial charge < -0.3 is 15.8 Å². The van der Waals surface area contributed by atoms with Gasteiger partial charge in [0, 0.05) is 30.9 Å². The summed E-state index contributed by atoms with van der Waals surface area (Å²) >= 11 is 0. The number of methoxy groups -OCH3 is 1. The number of nitrogens with one attached hydrogen (secondary N) is 1. The maximum Gasteiger partial charge on any atom is 0.269 e. The highest BCUT2D eigenvalue weighted by Crippen LogP contribution is 2.13. The molecule has 106 valence electrons. The Morgan fingerprint density at radius 2 is 2.35 bits per heavy atom. The van der Waals surface area contributed by atoms with Gasteiger partial charge in [-0.15, -0.1) is 0 Å². The predicted octanol–water partition coefficient (Wildman–Crippen LogP) is 0.0658. The van der Waals surface area contributed by atoms with E-state index in [2.05, 4.69) is 15.4 Å². The van der Waals surface area contributed by atoms with Crippen LogP contribution in [-0.4, -0.2) is 35.0 Å². The molecule has 0 aliphatic heterocycles. The van der Waals surface area contributed by atoms with E-state index >= 15 is 0 Å². The van der Waals surface area contributed by atoms with Crippen molar-refractivity contribution in [2.24, 2.45) is 5.73 Å². The largest absolute Gasteiger partial charge is 0.481 e. The molecule has 7 nitrogen and oxygen atoms in total. The zero-order valence-electron chi connectivity index (χ0n) is 11.2. The first-order chi connectivity index (χ1) is 9.74. The lowest BCUT2D eigenvalue weighted by atomic mass is 10.2. The van der Waals surface area contributed by atoms with Crippen LogP contribution >= 0.6 is 0 Å². The molecule has 0 saturated carbocycles. The Morgan fingerprint density at radius 3 is 3.05 bits per heavy atom. The molecule has 0 aromatic carbocycles. The Bertz CT molecular complexity index is 626. The van der Waals surface area contributed by atoms with Crippen molar-refractivity contribution in [2.45, 2.75) is 6.54 Å². The zero-order chi connectivity index (χ0) is 14.4. The van der Waals surface area contributed by atoms with Gasteiger partial charge in [0.05, 0.1) is 25.5 Å². The molecule has 20 heavy (non-hydrogen) atoms. The van der Waals surface area contributed by atoms with Crippen molar-refractivity contribution in [3.05, 3.63) is 46.5 Å². The second kappa shape index (κ2) is 6.67. The Balaban J connectivity index is 2.19. The molecule has 2 aromatic heterocycles. The molecule has 0 amide bonds. The van der Waals surface area contributed by atoms with Crippen molar-refractivity contribution in [2.75, 3.05) is 25.5 Å². The van der Waals surface area contributed by atoms with Gasteiger partial charge >= 0.3 is 0 Å². The van der Waals surface area contributed by atoms with E-state index < -0.39 is 0 Å². The number of pyridine rings is 1. The summed E-state index contributed by atoms with van der Waals surface area (Å²) in [5.74, 6) is 0.492. The molecule has 7 heteroatoms. The summed E-state index contributed by atoms with van der Waals surface area (Å²) in [6.45, 7) is 1.41. The van der Waals surface area contributed by atoms with Crippen molar-refractivity contribution in [1.82, 2.24) is 14.8 Å². The smallest absolute Gasteiger partial charge is 0.269 e. The fourth-order valence-corrected chi connectivity index (χ4v) is 1.76. The van der Waals surface area contributed by atoms with Gasteiger partial charge in [-0.25, -0.2) is 9.67 Å². The SMILES string of the molecule is COc1ncccc1Cn1ncc(NCCN)cc1=O. The van der Waals surface area contributed by atoms with E-state index in [4.69, 9.17) is 10.5 Å². The molecular weight excluding hydrogens is 258 g/mol. The van der Waals surface area contributed by atoms with Gasteiger partial charge in [-0.2, -0.15) is 5.10 Å². The van der Waals surface area contributed by atoms with Crippen LogP contribution in [0.3, 0.4) is 0 Å². The lowest BCUT2D eigenvalue weighted by Crippen LogP contribution is -2.24. The molecule has 0 radical (unpaired) electrons. The Hall–Kier alpha value is -2.41. The van der Waals surface area contributed by atoms with E-state index in [1.807, 2.05) is 6.07 Å². The first-order valence-electron chi connectivity index (χ1n) is 6.23. The highest BCUT2D eigenvalue weighted by Gasteiger charge is 2.06. The second-order valence-electron chi connectivity index (χ2n) is 4.13. The average Bonchev–Trinajstić information content (AvgIpc) is 2.48. The summed E-state index contributed by atoms with van der Waals surface area (Å²) < 4.78 is 6.51. The molecule has 0 fully saturated rings. The van der Waals surface area contributed by atoms with Crippen LogP contribution in [0.5, 0.6) is 5.88 Å². The standard InChI is InChI=1S/C13H17N5O2/c1-20-13-10(3-2-5-16-13)9-18-12(19)7-11(8-17-18)15-6-4-14/h2-3,5,7-8,15H,4,6,9,14H2,1H3. The molecule has 0 bridgehead atoms. The van der Waals surface area contributed by atoms with Crippen LogP contribution in [0.2, 0.25) is 0 Å². The van der Waals surface area contributed by atoms with E-state index in [0.717, 1.165) is 5.56 Å². The number of nitrogens with two attached hydrogens (primary N) is 1. The van der Waals surface area contributed by atoms with Crippen LogP contribution in [0.15, 0.2) is 35.4 Å². The van der Waals surface area contributed by atoms with E-state index in [9.17, 15) is 4.79 Å². The first kappa shape index (κ1) is 14.0. The summed E-state index contributed by atoms with van der Waals surface area (Å²) in [6, 6.07) is 5.13. The number of ether oxygens (including phenoxy) is 1. The topological polar surface area (TPSA) is 95.1 Å². The molecule has 0 aliphatic rings. The summed E-state index contributed by atoms with van der Waals surface area (Å²) in [5, 5.41) is 7.13. The number of hydrogen-bond acceptors (Lipinski definition) is 6. The quantitative estimate of drug-likeness (QED) is 0.774. The maximum atomic E-state index is 12.0. The van der Waals surface area contributed by atoms with Crippen LogP contribution in [0.1, 0.15) is 5.56 Å². The Morgan fingerprint density at radius 1 is 1.50 bits per heavy atom. The summed E-state index contributed by atoms with van der Waals surface area (Å²) in [6.07, 6.45) is 3.23. The molecular formula is C13H17N5O2. The number of rotatable bonds is 6. The van der Waals surface area contributed by atoms with Crippen LogP contribution in [0, 0.1) is 0 Å². The van der Waals surface area contributed by atoms with E-state index in [1.165, 1.54) is 10.7 Å². The summed E-state index contributed by atoms with van der Waals surface area (Å²) in [7, 11) is 1.54. The van der Waals surface area contributed by atoms with E-state index in [1.54, 1.807) is 25.6 Å². The molecule has 0 unspecified atom stereocenters. The molecule has 2 heterocycles.